The molecule has 2 heterocycles. The van der Waals surface area contributed by atoms with Gasteiger partial charge in [-0.15, -0.1) is 0 Å². The molecule has 0 aliphatic carbocycles. The molecule has 2 rings (SSSR count). The number of hydrogen-bond acceptors (Lipinski definition) is 4. The summed E-state index contributed by atoms with van der Waals surface area (Å²) in [4.78, 5) is 8.48. The lowest BCUT2D eigenvalue weighted by Crippen LogP contribution is -2.05. The van der Waals surface area contributed by atoms with E-state index < -0.39 is 11.7 Å². The Morgan fingerprint density at radius 2 is 2.00 bits per heavy atom. The second-order valence-electron chi connectivity index (χ2n) is 3.89. The fourth-order valence-electron chi connectivity index (χ4n) is 1.41. The van der Waals surface area contributed by atoms with E-state index in [1.807, 2.05) is 0 Å². The molecule has 2 aromatic rings. The maximum atomic E-state index is 12.5. The van der Waals surface area contributed by atoms with Crippen LogP contribution in [-0.2, 0) is 6.18 Å². The van der Waals surface area contributed by atoms with Crippen molar-refractivity contribution in [1.82, 2.24) is 9.97 Å². The molecule has 7 heteroatoms. The first-order valence-corrected chi connectivity index (χ1v) is 6.41. The predicted molar refractivity (Wildman–Crippen MR) is 71.6 cm³/mol. The van der Waals surface area contributed by atoms with E-state index in [-0.39, 0.29) is 5.56 Å². The van der Waals surface area contributed by atoms with Crippen LogP contribution in [0.25, 0.3) is 0 Å². The lowest BCUT2D eigenvalue weighted by Gasteiger charge is -2.04. The molecule has 0 amide bonds. The van der Waals surface area contributed by atoms with E-state index in [1.54, 1.807) is 14.0 Å². The van der Waals surface area contributed by atoms with Crippen LogP contribution in [0.4, 0.5) is 18.3 Å². The average Bonchev–Trinajstić information content (AvgIpc) is 2.76. The van der Waals surface area contributed by atoms with Crippen molar-refractivity contribution >= 4 is 16.5 Å². The van der Waals surface area contributed by atoms with E-state index in [0.29, 0.717) is 10.0 Å². The number of hydrogen-bond donors (Lipinski definition) is 1. The number of nitrogens with zero attached hydrogens (tertiary/aromatic N) is 2. The number of thiazole rings is 1. The zero-order chi connectivity index (χ0) is 14.8. The molecule has 0 saturated heterocycles. The quantitative estimate of drug-likeness (QED) is 0.821. The van der Waals surface area contributed by atoms with Gasteiger partial charge < -0.3 is 5.32 Å². The average molecular weight is 297 g/mol. The Morgan fingerprint density at radius 3 is 2.60 bits per heavy atom. The Morgan fingerprint density at radius 1 is 1.25 bits per heavy atom. The molecule has 0 aromatic carbocycles. The summed E-state index contributed by atoms with van der Waals surface area (Å²) < 4.78 is 37.6. The summed E-state index contributed by atoms with van der Waals surface area (Å²) in [6.07, 6.45) is -2.33. The highest BCUT2D eigenvalue weighted by molar-refractivity contribution is 7.16. The van der Waals surface area contributed by atoms with Crippen molar-refractivity contribution < 1.29 is 13.2 Å². The summed E-state index contributed by atoms with van der Waals surface area (Å²) in [5.41, 5.74) is 0.159. The van der Waals surface area contributed by atoms with E-state index in [2.05, 4.69) is 27.1 Å². The molecular weight excluding hydrogens is 287 g/mol. The van der Waals surface area contributed by atoms with Gasteiger partial charge in [-0.05, 0) is 18.9 Å². The van der Waals surface area contributed by atoms with Crippen LogP contribution < -0.4 is 5.32 Å². The Bertz CT molecular complexity index is 680. The third-order valence-electron chi connectivity index (χ3n) is 2.40. The van der Waals surface area contributed by atoms with Crippen LogP contribution in [0.5, 0.6) is 0 Å². The molecule has 1 N–H and O–H groups in total. The topological polar surface area (TPSA) is 37.8 Å². The Labute approximate surface area is 117 Å². The van der Waals surface area contributed by atoms with Crippen LogP contribution in [0.15, 0.2) is 18.5 Å². The summed E-state index contributed by atoms with van der Waals surface area (Å²) in [6.45, 7) is 1.80. The maximum Gasteiger partial charge on any atom is 0.417 e. The van der Waals surface area contributed by atoms with Gasteiger partial charge in [0.2, 0.25) is 0 Å². The van der Waals surface area contributed by atoms with Crippen LogP contribution in [0, 0.1) is 18.8 Å². The smallest absolute Gasteiger partial charge is 0.365 e. The number of pyridine rings is 1. The minimum absolute atomic E-state index is 0.221. The van der Waals surface area contributed by atoms with Gasteiger partial charge in [0.1, 0.15) is 4.88 Å². The summed E-state index contributed by atoms with van der Waals surface area (Å²) in [6, 6.07) is 0.981. The van der Waals surface area contributed by atoms with Crippen LogP contribution >= 0.6 is 11.3 Å². The number of halogens is 3. The normalized spacial score (nSPS) is 10.8. The number of rotatable bonds is 1. The lowest BCUT2D eigenvalue weighted by atomic mass is 10.2. The standard InChI is InChI=1S/C13H10F3N3S/c1-8-11(20-12(17-2)19-8)4-3-9-5-10(7-18-6-9)13(14,15)16/h5-7H,1-2H3,(H,17,19). The molecule has 0 aliphatic rings. The first kappa shape index (κ1) is 14.3. The van der Waals surface area contributed by atoms with Crippen molar-refractivity contribution in [2.24, 2.45) is 0 Å². The first-order chi connectivity index (χ1) is 9.40. The van der Waals surface area contributed by atoms with E-state index in [9.17, 15) is 13.2 Å². The molecule has 0 radical (unpaired) electrons. The number of alkyl halides is 3. The number of anilines is 1. The van der Waals surface area contributed by atoms with Gasteiger partial charge in [0.25, 0.3) is 0 Å². The first-order valence-electron chi connectivity index (χ1n) is 5.59. The van der Waals surface area contributed by atoms with Crippen LogP contribution in [-0.4, -0.2) is 17.0 Å². The van der Waals surface area contributed by atoms with E-state index in [4.69, 9.17) is 0 Å². The Kier molecular flexibility index (Phi) is 3.95. The molecule has 0 spiro atoms. The largest absolute Gasteiger partial charge is 0.417 e. The molecule has 0 aliphatic heterocycles. The van der Waals surface area contributed by atoms with Crippen molar-refractivity contribution in [2.75, 3.05) is 12.4 Å². The molecule has 2 aromatic heterocycles. The van der Waals surface area contributed by atoms with Crippen LogP contribution in [0.2, 0.25) is 0 Å². The van der Waals surface area contributed by atoms with Gasteiger partial charge in [0, 0.05) is 25.0 Å². The Balaban J connectivity index is 2.31. The summed E-state index contributed by atoms with van der Waals surface area (Å²) in [7, 11) is 1.74. The number of nitrogens with one attached hydrogen (secondary N) is 1. The number of aromatic nitrogens is 2. The maximum absolute atomic E-state index is 12.5. The van der Waals surface area contributed by atoms with E-state index in [0.717, 1.165) is 18.0 Å². The number of aryl methyl sites for hydroxylation is 1. The molecule has 0 unspecified atom stereocenters. The van der Waals surface area contributed by atoms with Crippen molar-refractivity contribution in [3.8, 4) is 11.8 Å². The molecule has 0 saturated carbocycles. The van der Waals surface area contributed by atoms with Gasteiger partial charge in [-0.25, -0.2) is 4.98 Å². The van der Waals surface area contributed by atoms with Crippen molar-refractivity contribution in [3.05, 3.63) is 40.2 Å². The van der Waals surface area contributed by atoms with Gasteiger partial charge in [-0.2, -0.15) is 13.2 Å². The van der Waals surface area contributed by atoms with Gasteiger partial charge >= 0.3 is 6.18 Å². The molecule has 0 bridgehead atoms. The minimum atomic E-state index is -4.41. The zero-order valence-electron chi connectivity index (χ0n) is 10.7. The van der Waals surface area contributed by atoms with Crippen molar-refractivity contribution in [3.63, 3.8) is 0 Å². The molecule has 20 heavy (non-hydrogen) atoms. The molecule has 104 valence electrons. The van der Waals surface area contributed by atoms with Gasteiger partial charge in [-0.1, -0.05) is 17.3 Å². The predicted octanol–water partition coefficient (Wildman–Crippen LogP) is 3.31. The minimum Gasteiger partial charge on any atom is -0.365 e. The van der Waals surface area contributed by atoms with Crippen molar-refractivity contribution in [2.45, 2.75) is 13.1 Å². The van der Waals surface area contributed by atoms with E-state index in [1.165, 1.54) is 17.5 Å². The molecule has 0 atom stereocenters. The summed E-state index contributed by atoms with van der Waals surface area (Å²) in [5, 5.41) is 3.61. The SMILES string of the molecule is CNc1nc(C)c(C#Cc2cncc(C(F)(F)F)c2)s1. The second kappa shape index (κ2) is 5.51. The fraction of sp³-hybridized carbons (Fsp3) is 0.231. The second-order valence-corrected chi connectivity index (χ2v) is 4.89. The lowest BCUT2D eigenvalue weighted by molar-refractivity contribution is -0.137. The monoisotopic (exact) mass is 297 g/mol. The van der Waals surface area contributed by atoms with Crippen LogP contribution in [0.3, 0.4) is 0 Å². The highest BCUT2D eigenvalue weighted by Gasteiger charge is 2.30. The highest BCUT2D eigenvalue weighted by Crippen LogP contribution is 2.28. The Hall–Kier alpha value is -2.07. The molecular formula is C13H10F3N3S. The van der Waals surface area contributed by atoms with Gasteiger partial charge in [0.05, 0.1) is 11.3 Å². The van der Waals surface area contributed by atoms with E-state index >= 15 is 0 Å². The molecule has 0 fully saturated rings. The third-order valence-corrected chi connectivity index (χ3v) is 3.49. The summed E-state index contributed by atoms with van der Waals surface area (Å²) in [5.74, 6) is 5.50. The summed E-state index contributed by atoms with van der Waals surface area (Å²) >= 11 is 1.35. The van der Waals surface area contributed by atoms with Crippen LogP contribution in [0.1, 0.15) is 21.7 Å². The molecule has 3 nitrogen and oxygen atoms in total. The van der Waals surface area contributed by atoms with Gasteiger partial charge in [0.15, 0.2) is 5.13 Å². The zero-order valence-corrected chi connectivity index (χ0v) is 11.5. The van der Waals surface area contributed by atoms with Gasteiger partial charge in [-0.3, -0.25) is 4.98 Å². The highest BCUT2D eigenvalue weighted by atomic mass is 32.1. The van der Waals surface area contributed by atoms with Crippen molar-refractivity contribution in [1.29, 1.82) is 0 Å². The fourth-order valence-corrected chi connectivity index (χ4v) is 2.18. The third kappa shape index (κ3) is 3.27.